The van der Waals surface area contributed by atoms with Crippen molar-refractivity contribution in [3.63, 3.8) is 0 Å². The maximum atomic E-state index is 11.1. The lowest BCUT2D eigenvalue weighted by atomic mass is 10.0. The van der Waals surface area contributed by atoms with Gasteiger partial charge in [-0.15, -0.1) is 0 Å². The summed E-state index contributed by atoms with van der Waals surface area (Å²) in [5.74, 6) is -0.117. The molecule has 0 radical (unpaired) electrons. The van der Waals surface area contributed by atoms with Gasteiger partial charge in [0, 0.05) is 13.2 Å². The third-order valence-corrected chi connectivity index (χ3v) is 2.49. The number of hydrogen-bond donors (Lipinski definition) is 2. The fraction of sp³-hybridized carbons (Fsp3) is 0.900. The zero-order chi connectivity index (χ0) is 11.3. The van der Waals surface area contributed by atoms with Crippen molar-refractivity contribution in [2.45, 2.75) is 45.9 Å². The largest absolute Gasteiger partial charge is 0.380 e. The van der Waals surface area contributed by atoms with E-state index < -0.39 is 0 Å². The van der Waals surface area contributed by atoms with Crippen molar-refractivity contribution >= 4 is 5.91 Å². The fourth-order valence-electron chi connectivity index (χ4n) is 1.23. The average molecular weight is 202 g/mol. The number of carbonyl (C=O) groups excluding carboxylic acids is 1. The van der Waals surface area contributed by atoms with E-state index in [1.165, 1.54) is 0 Å². The third-order valence-electron chi connectivity index (χ3n) is 2.49. The van der Waals surface area contributed by atoms with Crippen molar-refractivity contribution in [2.24, 2.45) is 11.7 Å². The average Bonchev–Trinajstić information content (AvgIpc) is 2.11. The molecular formula is C10H22N2O2. The summed E-state index contributed by atoms with van der Waals surface area (Å²) in [5, 5.41) is 3.17. The Bertz CT molecular complexity index is 183. The predicted octanol–water partition coefficient (Wildman–Crippen LogP) is 0.509. The number of nitrogens with one attached hydrogen (secondary N) is 1. The molecule has 84 valence electrons. The molecule has 3 atom stereocenters. The van der Waals surface area contributed by atoms with Crippen LogP contribution in [0.4, 0.5) is 0 Å². The van der Waals surface area contributed by atoms with Gasteiger partial charge in [-0.3, -0.25) is 4.79 Å². The van der Waals surface area contributed by atoms with Crippen LogP contribution in [0.3, 0.4) is 0 Å². The van der Waals surface area contributed by atoms with Crippen molar-refractivity contribution in [3.8, 4) is 0 Å². The molecule has 0 aromatic carbocycles. The van der Waals surface area contributed by atoms with Crippen LogP contribution in [0.2, 0.25) is 0 Å². The molecule has 4 heteroatoms. The Balaban J connectivity index is 4.23. The molecule has 0 saturated carbocycles. The van der Waals surface area contributed by atoms with E-state index in [1.54, 1.807) is 7.11 Å². The minimum absolute atomic E-state index is 0.0654. The highest BCUT2D eigenvalue weighted by Crippen LogP contribution is 2.05. The second kappa shape index (κ2) is 5.98. The Labute approximate surface area is 86.2 Å². The standard InChI is InChI=1S/C10H22N2O2/c1-6(2)9(10(11)13)12-7(3)8(4)14-5/h6-9,12H,1-5H3,(H2,11,13). The maximum absolute atomic E-state index is 11.1. The number of hydrogen-bond acceptors (Lipinski definition) is 3. The lowest BCUT2D eigenvalue weighted by Crippen LogP contribution is -2.51. The highest BCUT2D eigenvalue weighted by molar-refractivity contribution is 5.80. The molecule has 0 aromatic heterocycles. The summed E-state index contributed by atoms with van der Waals surface area (Å²) >= 11 is 0. The van der Waals surface area contributed by atoms with Crippen molar-refractivity contribution in [2.75, 3.05) is 7.11 Å². The van der Waals surface area contributed by atoms with Crippen LogP contribution < -0.4 is 11.1 Å². The van der Waals surface area contributed by atoms with E-state index in [4.69, 9.17) is 10.5 Å². The van der Waals surface area contributed by atoms with Crippen LogP contribution in [-0.4, -0.2) is 31.2 Å². The number of primary amides is 1. The van der Waals surface area contributed by atoms with Gasteiger partial charge in [0.05, 0.1) is 12.1 Å². The topological polar surface area (TPSA) is 64.3 Å². The predicted molar refractivity (Wildman–Crippen MR) is 56.9 cm³/mol. The Morgan fingerprint density at radius 3 is 2.07 bits per heavy atom. The number of ether oxygens (including phenoxy) is 1. The molecule has 0 spiro atoms. The summed E-state index contributed by atoms with van der Waals surface area (Å²) in [6, 6.07) is -0.178. The molecule has 0 bridgehead atoms. The summed E-state index contributed by atoms with van der Waals surface area (Å²) in [6.07, 6.45) is 0.0654. The lowest BCUT2D eigenvalue weighted by Gasteiger charge is -2.26. The van der Waals surface area contributed by atoms with Crippen LogP contribution in [0, 0.1) is 5.92 Å². The monoisotopic (exact) mass is 202 g/mol. The molecular weight excluding hydrogens is 180 g/mol. The molecule has 0 heterocycles. The molecule has 3 unspecified atom stereocenters. The van der Waals surface area contributed by atoms with E-state index in [9.17, 15) is 4.79 Å². The highest BCUT2D eigenvalue weighted by atomic mass is 16.5. The summed E-state index contributed by atoms with van der Waals surface area (Å²) in [7, 11) is 1.65. The molecule has 0 rings (SSSR count). The van der Waals surface area contributed by atoms with Gasteiger partial charge in [-0.05, 0) is 19.8 Å². The zero-order valence-corrected chi connectivity index (χ0v) is 9.70. The Morgan fingerprint density at radius 1 is 1.29 bits per heavy atom. The van der Waals surface area contributed by atoms with Crippen LogP contribution in [0.1, 0.15) is 27.7 Å². The molecule has 0 aliphatic rings. The summed E-state index contributed by atoms with van der Waals surface area (Å²) in [6.45, 7) is 7.86. The van der Waals surface area contributed by atoms with Crippen LogP contribution in [0.5, 0.6) is 0 Å². The van der Waals surface area contributed by atoms with Crippen LogP contribution in [0.25, 0.3) is 0 Å². The summed E-state index contributed by atoms with van der Waals surface area (Å²) < 4.78 is 5.16. The molecule has 4 nitrogen and oxygen atoms in total. The van der Waals surface area contributed by atoms with E-state index in [0.29, 0.717) is 0 Å². The molecule has 1 amide bonds. The van der Waals surface area contributed by atoms with E-state index >= 15 is 0 Å². The van der Waals surface area contributed by atoms with Gasteiger partial charge in [-0.2, -0.15) is 0 Å². The molecule has 14 heavy (non-hydrogen) atoms. The summed E-state index contributed by atoms with van der Waals surface area (Å²) in [5.41, 5.74) is 5.29. The van der Waals surface area contributed by atoms with Gasteiger partial charge in [0.1, 0.15) is 0 Å². The van der Waals surface area contributed by atoms with Crippen molar-refractivity contribution in [3.05, 3.63) is 0 Å². The number of nitrogens with two attached hydrogens (primary N) is 1. The molecule has 0 aromatic rings. The zero-order valence-electron chi connectivity index (χ0n) is 9.70. The molecule has 3 N–H and O–H groups in total. The van der Waals surface area contributed by atoms with Crippen LogP contribution >= 0.6 is 0 Å². The smallest absolute Gasteiger partial charge is 0.234 e. The third kappa shape index (κ3) is 4.07. The lowest BCUT2D eigenvalue weighted by molar-refractivity contribution is -0.121. The van der Waals surface area contributed by atoms with Gasteiger partial charge >= 0.3 is 0 Å². The number of methoxy groups -OCH3 is 1. The minimum Gasteiger partial charge on any atom is -0.380 e. The second-order valence-corrected chi connectivity index (χ2v) is 4.02. The number of amides is 1. The van der Waals surface area contributed by atoms with Gasteiger partial charge in [-0.25, -0.2) is 0 Å². The quantitative estimate of drug-likeness (QED) is 0.659. The first-order valence-electron chi connectivity index (χ1n) is 4.98. The van der Waals surface area contributed by atoms with Gasteiger partial charge in [0.2, 0.25) is 5.91 Å². The van der Waals surface area contributed by atoms with Gasteiger partial charge < -0.3 is 15.8 Å². The number of rotatable bonds is 6. The molecule has 0 aliphatic carbocycles. The SMILES string of the molecule is COC(C)C(C)NC(C(N)=O)C(C)C. The van der Waals surface area contributed by atoms with Gasteiger partial charge in [0.15, 0.2) is 0 Å². The van der Waals surface area contributed by atoms with Crippen molar-refractivity contribution in [1.82, 2.24) is 5.32 Å². The van der Waals surface area contributed by atoms with Crippen LogP contribution in [-0.2, 0) is 9.53 Å². The van der Waals surface area contributed by atoms with E-state index in [-0.39, 0.29) is 30.0 Å². The Hall–Kier alpha value is -0.610. The minimum atomic E-state index is -0.310. The Kier molecular flexibility index (Phi) is 5.72. The van der Waals surface area contributed by atoms with E-state index in [2.05, 4.69) is 5.32 Å². The fourth-order valence-corrected chi connectivity index (χ4v) is 1.23. The van der Waals surface area contributed by atoms with Crippen molar-refractivity contribution < 1.29 is 9.53 Å². The normalized spacial score (nSPS) is 17.9. The molecule has 0 saturated heterocycles. The second-order valence-electron chi connectivity index (χ2n) is 4.02. The van der Waals surface area contributed by atoms with Crippen LogP contribution in [0.15, 0.2) is 0 Å². The first-order chi connectivity index (χ1) is 6.40. The Morgan fingerprint density at radius 2 is 1.79 bits per heavy atom. The highest BCUT2D eigenvalue weighted by Gasteiger charge is 2.23. The molecule has 0 fully saturated rings. The van der Waals surface area contributed by atoms with Crippen molar-refractivity contribution in [1.29, 1.82) is 0 Å². The first kappa shape index (κ1) is 13.4. The molecule has 0 aliphatic heterocycles. The first-order valence-corrected chi connectivity index (χ1v) is 4.98. The maximum Gasteiger partial charge on any atom is 0.234 e. The number of carbonyl (C=O) groups is 1. The van der Waals surface area contributed by atoms with Gasteiger partial charge in [0.25, 0.3) is 0 Å². The van der Waals surface area contributed by atoms with Gasteiger partial charge in [-0.1, -0.05) is 13.8 Å². The van der Waals surface area contributed by atoms with E-state index in [1.807, 2.05) is 27.7 Å². The summed E-state index contributed by atoms with van der Waals surface area (Å²) in [4.78, 5) is 11.1. The van der Waals surface area contributed by atoms with E-state index in [0.717, 1.165) is 0 Å².